The van der Waals surface area contributed by atoms with Gasteiger partial charge in [-0.25, -0.2) is 0 Å². The van der Waals surface area contributed by atoms with E-state index in [4.69, 9.17) is 14.2 Å². The van der Waals surface area contributed by atoms with Gasteiger partial charge in [0.15, 0.2) is 6.10 Å². The van der Waals surface area contributed by atoms with Crippen LogP contribution >= 0.6 is 0 Å². The molecule has 6 nitrogen and oxygen atoms in total. The first kappa shape index (κ1) is 71.5. The number of carbonyl (C=O) groups is 3. The highest BCUT2D eigenvalue weighted by Crippen LogP contribution is 2.13. The Bertz CT molecular complexity index is 1840. The summed E-state index contributed by atoms with van der Waals surface area (Å²) in [6.07, 6.45) is 94.7. The molecule has 0 aromatic carbocycles. The van der Waals surface area contributed by atoms with E-state index in [1.165, 1.54) is 19.3 Å². The molecular formula is C71H108O6. The van der Waals surface area contributed by atoms with E-state index in [0.29, 0.717) is 19.3 Å². The van der Waals surface area contributed by atoms with Crippen molar-refractivity contribution in [3.05, 3.63) is 182 Å². The van der Waals surface area contributed by atoms with Crippen molar-refractivity contribution in [2.75, 3.05) is 13.2 Å². The first-order valence-corrected chi connectivity index (χ1v) is 30.3. The van der Waals surface area contributed by atoms with Crippen molar-refractivity contribution >= 4 is 17.9 Å². The molecule has 428 valence electrons. The fourth-order valence-electron chi connectivity index (χ4n) is 7.46. The molecule has 0 aliphatic heterocycles. The van der Waals surface area contributed by atoms with Crippen molar-refractivity contribution in [1.29, 1.82) is 0 Å². The summed E-state index contributed by atoms with van der Waals surface area (Å²) in [5.74, 6) is -1.03. The zero-order valence-corrected chi connectivity index (χ0v) is 48.9. The maximum atomic E-state index is 12.8. The van der Waals surface area contributed by atoms with Gasteiger partial charge < -0.3 is 14.2 Å². The molecule has 0 amide bonds. The first-order chi connectivity index (χ1) is 38.0. The van der Waals surface area contributed by atoms with Crippen LogP contribution in [0.15, 0.2) is 182 Å². The van der Waals surface area contributed by atoms with Gasteiger partial charge in [0, 0.05) is 19.3 Å². The third-order valence-electron chi connectivity index (χ3n) is 11.9. The summed E-state index contributed by atoms with van der Waals surface area (Å²) in [4.78, 5) is 38.2. The third-order valence-corrected chi connectivity index (χ3v) is 11.9. The van der Waals surface area contributed by atoms with Crippen molar-refractivity contribution in [2.45, 2.75) is 232 Å². The van der Waals surface area contributed by atoms with Crippen LogP contribution in [0.25, 0.3) is 0 Å². The second-order valence-electron chi connectivity index (χ2n) is 19.1. The average molecular weight is 1060 g/mol. The van der Waals surface area contributed by atoms with Crippen LogP contribution in [0.4, 0.5) is 0 Å². The van der Waals surface area contributed by atoms with Gasteiger partial charge in [0.25, 0.3) is 0 Å². The molecule has 0 heterocycles. The van der Waals surface area contributed by atoms with Gasteiger partial charge >= 0.3 is 17.9 Å². The third kappa shape index (κ3) is 61.2. The Kier molecular flexibility index (Phi) is 58.6. The minimum Gasteiger partial charge on any atom is -0.462 e. The Balaban J connectivity index is 4.45. The highest BCUT2D eigenvalue weighted by molar-refractivity contribution is 5.71. The maximum Gasteiger partial charge on any atom is 0.306 e. The second-order valence-corrected chi connectivity index (χ2v) is 19.1. The van der Waals surface area contributed by atoms with Crippen molar-refractivity contribution < 1.29 is 28.6 Å². The fraction of sp³-hybridized carbons (Fsp3) is 0.535. The Morgan fingerprint density at radius 2 is 0.468 bits per heavy atom. The second kappa shape index (κ2) is 63.0. The molecule has 0 fully saturated rings. The van der Waals surface area contributed by atoms with Crippen molar-refractivity contribution in [3.63, 3.8) is 0 Å². The quantitative estimate of drug-likeness (QED) is 0.0261. The summed E-state index contributed by atoms with van der Waals surface area (Å²) in [6, 6.07) is 0. The standard InChI is InChI=1S/C71H108O6/c1-4-7-10-13-16-19-22-25-28-29-30-31-32-33-34-35-36-37-38-39-40-41-44-46-49-52-55-58-61-64-70(73)76-67-68(77-71(74)65-62-59-56-53-50-47-43-27-24-21-18-15-12-9-6-3)66-75-69(72)63-60-57-54-51-48-45-42-26-23-20-17-14-11-8-5-2/h7-12,16-21,25-28,30-31,33-34,36-37,39-40,42-43,48,50-51,53,68H,4-6,13-15,22-24,29,32,35,38,41,44-47,49,52,54-67H2,1-3H3/b10-7-,11-8-,12-9-,19-16-,20-17-,21-18-,28-25-,31-30-,34-33-,37-36-,40-39-,42-26-,43-27-,51-48-,53-50-. The molecule has 77 heavy (non-hydrogen) atoms. The van der Waals surface area contributed by atoms with Crippen LogP contribution in [0.3, 0.4) is 0 Å². The van der Waals surface area contributed by atoms with Crippen molar-refractivity contribution in [3.8, 4) is 0 Å². The number of carbonyl (C=O) groups excluding carboxylic acids is 3. The lowest BCUT2D eigenvalue weighted by molar-refractivity contribution is -0.167. The van der Waals surface area contributed by atoms with E-state index in [2.05, 4.69) is 203 Å². The van der Waals surface area contributed by atoms with Gasteiger partial charge in [-0.3, -0.25) is 14.4 Å². The smallest absolute Gasteiger partial charge is 0.306 e. The number of esters is 3. The maximum absolute atomic E-state index is 12.8. The highest BCUT2D eigenvalue weighted by atomic mass is 16.6. The Morgan fingerprint density at radius 3 is 0.753 bits per heavy atom. The van der Waals surface area contributed by atoms with E-state index in [1.54, 1.807) is 0 Å². The van der Waals surface area contributed by atoms with Gasteiger partial charge in [-0.05, 0) is 154 Å². The predicted octanol–water partition coefficient (Wildman–Crippen LogP) is 20.9. The van der Waals surface area contributed by atoms with Crippen LogP contribution in [-0.2, 0) is 28.6 Å². The van der Waals surface area contributed by atoms with E-state index in [-0.39, 0.29) is 44.0 Å². The topological polar surface area (TPSA) is 78.9 Å². The average Bonchev–Trinajstić information content (AvgIpc) is 3.43. The van der Waals surface area contributed by atoms with Crippen LogP contribution in [0.2, 0.25) is 0 Å². The molecule has 0 spiro atoms. The predicted molar refractivity (Wildman–Crippen MR) is 334 cm³/mol. The van der Waals surface area contributed by atoms with E-state index in [9.17, 15) is 14.4 Å². The Hall–Kier alpha value is -5.49. The van der Waals surface area contributed by atoms with E-state index in [0.717, 1.165) is 154 Å². The van der Waals surface area contributed by atoms with E-state index < -0.39 is 6.10 Å². The molecule has 1 unspecified atom stereocenters. The summed E-state index contributed by atoms with van der Waals surface area (Å²) >= 11 is 0. The summed E-state index contributed by atoms with van der Waals surface area (Å²) in [6.45, 7) is 6.19. The van der Waals surface area contributed by atoms with Gasteiger partial charge in [0.05, 0.1) is 0 Å². The van der Waals surface area contributed by atoms with Crippen LogP contribution in [-0.4, -0.2) is 37.2 Å². The zero-order valence-electron chi connectivity index (χ0n) is 48.9. The summed E-state index contributed by atoms with van der Waals surface area (Å²) in [7, 11) is 0. The summed E-state index contributed by atoms with van der Waals surface area (Å²) in [5.41, 5.74) is 0. The number of hydrogen-bond donors (Lipinski definition) is 0. The molecule has 0 aliphatic rings. The molecule has 0 aliphatic carbocycles. The SMILES string of the molecule is CC/C=C\C/C=C\C/C=C\C/C=C\C/C=C\C/C=C\C/C=C\CCCCCCCCCC(=O)OCC(COC(=O)CCCC/C=C\C/C=C\C/C=C\C/C=C\CC)OC(=O)CCCC/C=C\C/C=C\C/C=C\C/C=C\CC. The normalized spacial score (nSPS) is 13.4. The van der Waals surface area contributed by atoms with Gasteiger partial charge in [0.1, 0.15) is 13.2 Å². The molecule has 0 rings (SSSR count). The summed E-state index contributed by atoms with van der Waals surface area (Å²) < 4.78 is 16.8. The number of hydrogen-bond acceptors (Lipinski definition) is 6. The van der Waals surface area contributed by atoms with Gasteiger partial charge in [-0.15, -0.1) is 0 Å². The Labute approximate surface area is 472 Å². The van der Waals surface area contributed by atoms with Crippen LogP contribution < -0.4 is 0 Å². The molecule has 0 saturated carbocycles. The number of rotatable bonds is 52. The lowest BCUT2D eigenvalue weighted by Gasteiger charge is -2.18. The van der Waals surface area contributed by atoms with E-state index in [1.807, 2.05) is 0 Å². The fourth-order valence-corrected chi connectivity index (χ4v) is 7.46. The zero-order chi connectivity index (χ0) is 55.7. The summed E-state index contributed by atoms with van der Waals surface area (Å²) in [5, 5.41) is 0. The molecule has 0 saturated heterocycles. The first-order valence-electron chi connectivity index (χ1n) is 30.3. The number of unbranched alkanes of at least 4 members (excludes halogenated alkanes) is 11. The number of allylic oxidation sites excluding steroid dienone is 30. The molecule has 6 heteroatoms. The van der Waals surface area contributed by atoms with Crippen LogP contribution in [0.1, 0.15) is 226 Å². The van der Waals surface area contributed by atoms with Gasteiger partial charge in [-0.1, -0.05) is 235 Å². The van der Waals surface area contributed by atoms with Crippen LogP contribution in [0.5, 0.6) is 0 Å². The van der Waals surface area contributed by atoms with Gasteiger partial charge in [-0.2, -0.15) is 0 Å². The lowest BCUT2D eigenvalue weighted by Crippen LogP contribution is -2.30. The highest BCUT2D eigenvalue weighted by Gasteiger charge is 2.19. The van der Waals surface area contributed by atoms with Crippen molar-refractivity contribution in [2.24, 2.45) is 0 Å². The largest absolute Gasteiger partial charge is 0.462 e. The molecule has 0 aromatic rings. The Morgan fingerprint density at radius 1 is 0.260 bits per heavy atom. The van der Waals surface area contributed by atoms with Gasteiger partial charge in [0.2, 0.25) is 0 Å². The monoisotopic (exact) mass is 1060 g/mol. The number of ether oxygens (including phenoxy) is 3. The molecule has 0 bridgehead atoms. The molecule has 1 atom stereocenters. The van der Waals surface area contributed by atoms with Crippen LogP contribution in [0, 0.1) is 0 Å². The van der Waals surface area contributed by atoms with E-state index >= 15 is 0 Å². The molecular weight excluding hydrogens is 949 g/mol. The minimum atomic E-state index is -0.833. The molecule has 0 aromatic heterocycles. The van der Waals surface area contributed by atoms with Crippen molar-refractivity contribution in [1.82, 2.24) is 0 Å². The lowest BCUT2D eigenvalue weighted by atomic mass is 10.1. The minimum absolute atomic E-state index is 0.124. The molecule has 0 radical (unpaired) electrons. The molecule has 0 N–H and O–H groups in total.